The third-order valence-electron chi connectivity index (χ3n) is 5.58. The number of amides is 2. The molecule has 174 valence electrons. The van der Waals surface area contributed by atoms with Crippen LogP contribution in [0.25, 0.3) is 0 Å². The summed E-state index contributed by atoms with van der Waals surface area (Å²) in [5.74, 6) is 0.782. The highest BCUT2D eigenvalue weighted by atomic mass is 35.5. The molecule has 1 aliphatic carbocycles. The van der Waals surface area contributed by atoms with Gasteiger partial charge in [-0.05, 0) is 73.9 Å². The van der Waals surface area contributed by atoms with Gasteiger partial charge in [0.1, 0.15) is 17.5 Å². The molecule has 0 radical (unpaired) electrons. The van der Waals surface area contributed by atoms with E-state index in [1.807, 2.05) is 24.0 Å². The molecule has 9 heteroatoms. The van der Waals surface area contributed by atoms with E-state index in [2.05, 4.69) is 5.32 Å². The summed E-state index contributed by atoms with van der Waals surface area (Å²) in [6.07, 6.45) is 2.82. The van der Waals surface area contributed by atoms with Crippen molar-refractivity contribution in [2.45, 2.75) is 44.7 Å². The second-order valence-electron chi connectivity index (χ2n) is 8.05. The molecule has 1 N–H and O–H groups in total. The van der Waals surface area contributed by atoms with Crippen LogP contribution in [0.3, 0.4) is 0 Å². The number of carbonyl (C=O) groups excluding carboxylic acids is 2. The Morgan fingerprint density at radius 3 is 2.55 bits per heavy atom. The van der Waals surface area contributed by atoms with Crippen molar-refractivity contribution >= 4 is 52.1 Å². The monoisotopic (exact) mass is 487 g/mol. The van der Waals surface area contributed by atoms with Crippen molar-refractivity contribution in [3.8, 4) is 11.5 Å². The van der Waals surface area contributed by atoms with E-state index >= 15 is 0 Å². The number of hydrogen-bond acceptors (Lipinski definition) is 5. The fourth-order valence-electron chi connectivity index (χ4n) is 3.83. The van der Waals surface area contributed by atoms with E-state index in [0.29, 0.717) is 33.9 Å². The molecule has 0 spiro atoms. The molecule has 0 bridgehead atoms. The van der Waals surface area contributed by atoms with E-state index in [-0.39, 0.29) is 24.3 Å². The Bertz CT molecular complexity index is 1060. The molecular weight excluding hydrogens is 462 g/mol. The van der Waals surface area contributed by atoms with Crippen LogP contribution in [0, 0.1) is 0 Å². The van der Waals surface area contributed by atoms with Crippen molar-refractivity contribution in [1.29, 1.82) is 0 Å². The maximum Gasteiger partial charge on any atom is 0.256 e. The number of methoxy groups -OCH3 is 1. The minimum atomic E-state index is -0.655. The lowest BCUT2D eigenvalue weighted by Crippen LogP contribution is -2.39. The molecule has 1 saturated heterocycles. The Hall–Kier alpha value is -2.84. The van der Waals surface area contributed by atoms with Crippen LogP contribution in [0.5, 0.6) is 11.5 Å². The van der Waals surface area contributed by atoms with Gasteiger partial charge in [0.05, 0.1) is 30.8 Å². The number of rotatable bonds is 9. The minimum Gasteiger partial charge on any atom is -0.495 e. The maximum absolute atomic E-state index is 13.4. The van der Waals surface area contributed by atoms with Gasteiger partial charge < -0.3 is 19.7 Å². The van der Waals surface area contributed by atoms with Gasteiger partial charge in [-0.2, -0.15) is 0 Å². The van der Waals surface area contributed by atoms with E-state index in [9.17, 15) is 9.59 Å². The third kappa shape index (κ3) is 5.07. The van der Waals surface area contributed by atoms with Crippen molar-refractivity contribution < 1.29 is 19.1 Å². The Morgan fingerprint density at radius 1 is 1.21 bits per heavy atom. The Kier molecular flexibility index (Phi) is 7.05. The molecule has 1 heterocycles. The normalized spacial score (nSPS) is 18.0. The summed E-state index contributed by atoms with van der Waals surface area (Å²) in [6, 6.07) is 11.8. The van der Waals surface area contributed by atoms with E-state index in [1.165, 1.54) is 12.0 Å². The molecule has 2 fully saturated rings. The molecule has 2 aromatic rings. The molecule has 7 nitrogen and oxygen atoms in total. The smallest absolute Gasteiger partial charge is 0.256 e. The molecule has 1 aliphatic heterocycles. The zero-order valence-electron chi connectivity index (χ0n) is 18.5. The predicted molar refractivity (Wildman–Crippen MR) is 132 cm³/mol. The SMILES string of the molecule is CCCOc1ccc(NC(=O)C[C@@H]2C(=O)N(c3ccc(OC)c(Cl)c3)C(=S)N2C2CC2)cc1. The van der Waals surface area contributed by atoms with Gasteiger partial charge >= 0.3 is 0 Å². The number of hydrogen-bond donors (Lipinski definition) is 1. The summed E-state index contributed by atoms with van der Waals surface area (Å²) in [7, 11) is 1.53. The Labute approximate surface area is 203 Å². The quantitative estimate of drug-likeness (QED) is 0.520. The number of anilines is 2. The van der Waals surface area contributed by atoms with Gasteiger partial charge in [0.25, 0.3) is 5.91 Å². The number of nitrogens with one attached hydrogen (secondary N) is 1. The first kappa shape index (κ1) is 23.3. The first-order valence-electron chi connectivity index (χ1n) is 11.0. The van der Waals surface area contributed by atoms with Crippen LogP contribution >= 0.6 is 23.8 Å². The lowest BCUT2D eigenvalue weighted by atomic mass is 10.1. The number of thiocarbonyl (C=S) groups is 1. The number of ether oxygens (including phenoxy) is 2. The van der Waals surface area contributed by atoms with Crippen LogP contribution in [0.2, 0.25) is 5.02 Å². The van der Waals surface area contributed by atoms with Crippen molar-refractivity contribution in [3.63, 3.8) is 0 Å². The van der Waals surface area contributed by atoms with Crippen LogP contribution in [-0.2, 0) is 9.59 Å². The van der Waals surface area contributed by atoms with Crippen molar-refractivity contribution in [1.82, 2.24) is 4.90 Å². The molecule has 33 heavy (non-hydrogen) atoms. The number of nitrogens with zero attached hydrogens (tertiary/aromatic N) is 2. The van der Waals surface area contributed by atoms with Crippen LogP contribution in [-0.4, -0.2) is 47.6 Å². The highest BCUT2D eigenvalue weighted by molar-refractivity contribution is 7.80. The van der Waals surface area contributed by atoms with Gasteiger partial charge in [-0.3, -0.25) is 14.5 Å². The summed E-state index contributed by atoms with van der Waals surface area (Å²) in [4.78, 5) is 29.6. The summed E-state index contributed by atoms with van der Waals surface area (Å²) in [5.41, 5.74) is 1.21. The fraction of sp³-hybridized carbons (Fsp3) is 0.375. The Morgan fingerprint density at radius 2 is 1.94 bits per heavy atom. The number of halogens is 1. The molecule has 2 amide bonds. The topological polar surface area (TPSA) is 71.1 Å². The summed E-state index contributed by atoms with van der Waals surface area (Å²) in [5, 5.41) is 3.66. The predicted octanol–water partition coefficient (Wildman–Crippen LogP) is 4.63. The fourth-order valence-corrected chi connectivity index (χ4v) is 4.56. The average molecular weight is 488 g/mol. The van der Waals surface area contributed by atoms with E-state index in [4.69, 9.17) is 33.3 Å². The maximum atomic E-state index is 13.4. The zero-order valence-corrected chi connectivity index (χ0v) is 20.1. The highest BCUT2D eigenvalue weighted by Gasteiger charge is 2.49. The molecule has 2 aromatic carbocycles. The van der Waals surface area contributed by atoms with Crippen molar-refractivity contribution in [2.75, 3.05) is 23.9 Å². The first-order chi connectivity index (χ1) is 15.9. The molecule has 2 aliphatic rings. The summed E-state index contributed by atoms with van der Waals surface area (Å²) >= 11 is 11.9. The van der Waals surface area contributed by atoms with Gasteiger partial charge in [-0.15, -0.1) is 0 Å². The minimum absolute atomic E-state index is 0.00391. The zero-order chi connectivity index (χ0) is 23.5. The second-order valence-corrected chi connectivity index (χ2v) is 8.83. The largest absolute Gasteiger partial charge is 0.495 e. The molecule has 1 saturated carbocycles. The van der Waals surface area contributed by atoms with E-state index < -0.39 is 6.04 Å². The summed E-state index contributed by atoms with van der Waals surface area (Å²) in [6.45, 7) is 2.68. The van der Waals surface area contributed by atoms with Crippen LogP contribution < -0.4 is 19.7 Å². The summed E-state index contributed by atoms with van der Waals surface area (Å²) < 4.78 is 10.8. The van der Waals surface area contributed by atoms with Crippen LogP contribution in [0.4, 0.5) is 11.4 Å². The first-order valence-corrected chi connectivity index (χ1v) is 11.7. The van der Waals surface area contributed by atoms with Gasteiger partial charge in [0.15, 0.2) is 5.11 Å². The second kappa shape index (κ2) is 9.97. The van der Waals surface area contributed by atoms with E-state index in [0.717, 1.165) is 25.0 Å². The van der Waals surface area contributed by atoms with Crippen LogP contribution in [0.1, 0.15) is 32.6 Å². The number of carbonyl (C=O) groups is 2. The number of benzene rings is 2. The van der Waals surface area contributed by atoms with Gasteiger partial charge in [0.2, 0.25) is 5.91 Å². The molecule has 0 aromatic heterocycles. The molecule has 0 unspecified atom stereocenters. The lowest BCUT2D eigenvalue weighted by Gasteiger charge is -2.23. The average Bonchev–Trinajstić information content (AvgIpc) is 3.60. The third-order valence-corrected chi connectivity index (χ3v) is 6.27. The molecule has 1 atom stereocenters. The Balaban J connectivity index is 1.48. The highest BCUT2D eigenvalue weighted by Crippen LogP contribution is 2.38. The van der Waals surface area contributed by atoms with Crippen molar-refractivity contribution in [3.05, 3.63) is 47.5 Å². The standard InChI is InChI=1S/C24H26ClN3O4S/c1-3-12-32-18-9-4-15(5-10-18)26-22(29)14-20-23(30)28(24(33)27(20)16-6-7-16)17-8-11-21(31-2)19(25)13-17/h4-5,8-11,13,16,20H,3,6-7,12,14H2,1-2H3,(H,26,29)/t20-/m1/s1. The van der Waals surface area contributed by atoms with Gasteiger partial charge in [0, 0.05) is 11.7 Å². The molecular formula is C24H26ClN3O4S. The van der Waals surface area contributed by atoms with E-state index in [1.54, 1.807) is 30.3 Å². The van der Waals surface area contributed by atoms with Crippen molar-refractivity contribution in [2.24, 2.45) is 0 Å². The lowest BCUT2D eigenvalue weighted by molar-refractivity contribution is -0.124. The molecule has 4 rings (SSSR count). The van der Waals surface area contributed by atoms with Gasteiger partial charge in [-0.1, -0.05) is 18.5 Å². The van der Waals surface area contributed by atoms with Gasteiger partial charge in [-0.25, -0.2) is 0 Å². The van der Waals surface area contributed by atoms with Crippen LogP contribution in [0.15, 0.2) is 42.5 Å².